The van der Waals surface area contributed by atoms with Crippen molar-refractivity contribution in [1.29, 1.82) is 5.26 Å². The van der Waals surface area contributed by atoms with Gasteiger partial charge in [-0.05, 0) is 24.5 Å². The molecule has 0 bridgehead atoms. The van der Waals surface area contributed by atoms with Gasteiger partial charge in [0.25, 0.3) is 0 Å². The maximum atomic E-state index is 11.3. The number of thioether (sulfide) groups is 1. The first-order valence-corrected chi connectivity index (χ1v) is 4.79. The Morgan fingerprint density at radius 2 is 2.31 bits per heavy atom. The van der Waals surface area contributed by atoms with Crippen molar-refractivity contribution in [2.45, 2.75) is 0 Å². The van der Waals surface area contributed by atoms with Crippen molar-refractivity contribution in [2.75, 3.05) is 12.0 Å². The van der Waals surface area contributed by atoms with E-state index in [1.807, 2.05) is 6.07 Å². The van der Waals surface area contributed by atoms with Crippen LogP contribution in [-0.2, 0) is 0 Å². The first-order chi connectivity index (χ1) is 6.19. The minimum Gasteiger partial charge on any atom is -0.399 e. The van der Waals surface area contributed by atoms with Crippen molar-refractivity contribution in [3.8, 4) is 6.07 Å². The van der Waals surface area contributed by atoms with Crippen molar-refractivity contribution in [1.82, 2.24) is 0 Å². The van der Waals surface area contributed by atoms with E-state index in [1.54, 1.807) is 18.4 Å². The monoisotopic (exact) mass is 192 g/mol. The number of nitrogens with two attached hydrogens (primary N) is 1. The van der Waals surface area contributed by atoms with Crippen molar-refractivity contribution in [3.05, 3.63) is 29.3 Å². The maximum absolute atomic E-state index is 11.3. The molecule has 1 rings (SSSR count). The molecule has 0 saturated carbocycles. The lowest BCUT2D eigenvalue weighted by atomic mass is 10.1. The SMILES string of the molecule is CSC(=O)c1ccc(N)cc1C#N. The van der Waals surface area contributed by atoms with Gasteiger partial charge in [0.1, 0.15) is 0 Å². The number of nitriles is 1. The molecule has 0 aliphatic heterocycles. The predicted molar refractivity (Wildman–Crippen MR) is 53.4 cm³/mol. The molecule has 1 aromatic carbocycles. The minimum absolute atomic E-state index is 0.114. The lowest BCUT2D eigenvalue weighted by Crippen LogP contribution is -1.98. The predicted octanol–water partition coefficient (Wildman–Crippen LogP) is 1.64. The highest BCUT2D eigenvalue weighted by Gasteiger charge is 2.09. The first-order valence-electron chi connectivity index (χ1n) is 3.57. The van der Waals surface area contributed by atoms with Crippen LogP contribution in [0.1, 0.15) is 15.9 Å². The molecule has 0 spiro atoms. The lowest BCUT2D eigenvalue weighted by molar-refractivity contribution is 0.108. The van der Waals surface area contributed by atoms with Gasteiger partial charge in [0.05, 0.1) is 11.6 Å². The summed E-state index contributed by atoms with van der Waals surface area (Å²) in [5, 5.41) is 8.61. The van der Waals surface area contributed by atoms with Gasteiger partial charge in [-0.2, -0.15) is 5.26 Å². The molecule has 0 saturated heterocycles. The molecule has 4 heteroatoms. The molecule has 0 aliphatic carbocycles. The Balaban J connectivity index is 3.23. The molecule has 0 unspecified atom stereocenters. The Hall–Kier alpha value is -1.47. The standard InChI is InChI=1S/C9H8N2OS/c1-13-9(12)8-3-2-7(11)4-6(8)5-10/h2-4H,11H2,1H3. The summed E-state index contributed by atoms with van der Waals surface area (Å²) >= 11 is 1.08. The van der Waals surface area contributed by atoms with Crippen molar-refractivity contribution in [2.24, 2.45) is 0 Å². The van der Waals surface area contributed by atoms with Gasteiger partial charge in [-0.1, -0.05) is 11.8 Å². The number of nitrogen functional groups attached to an aromatic ring is 1. The zero-order valence-electron chi connectivity index (χ0n) is 7.07. The third-order valence-corrected chi connectivity index (χ3v) is 2.16. The zero-order valence-corrected chi connectivity index (χ0v) is 7.89. The highest BCUT2D eigenvalue weighted by atomic mass is 32.2. The van der Waals surface area contributed by atoms with Crippen LogP contribution in [0.4, 0.5) is 5.69 Å². The molecule has 0 amide bonds. The topological polar surface area (TPSA) is 66.9 Å². The van der Waals surface area contributed by atoms with Gasteiger partial charge in [-0.15, -0.1) is 0 Å². The second kappa shape index (κ2) is 3.97. The fourth-order valence-electron chi connectivity index (χ4n) is 0.942. The second-order valence-electron chi connectivity index (χ2n) is 2.41. The van der Waals surface area contributed by atoms with Crippen LogP contribution in [0.2, 0.25) is 0 Å². The normalized spacial score (nSPS) is 9.23. The molecule has 0 aliphatic rings. The number of anilines is 1. The average molecular weight is 192 g/mol. The molecule has 0 aromatic heterocycles. The molecule has 0 radical (unpaired) electrons. The van der Waals surface area contributed by atoms with Crippen LogP contribution in [0.5, 0.6) is 0 Å². The Labute approximate surface area is 80.5 Å². The number of carbonyl (C=O) groups is 1. The molecular weight excluding hydrogens is 184 g/mol. The molecular formula is C9H8N2OS. The second-order valence-corrected chi connectivity index (χ2v) is 3.19. The number of benzene rings is 1. The van der Waals surface area contributed by atoms with E-state index in [1.165, 1.54) is 6.07 Å². The highest BCUT2D eigenvalue weighted by Crippen LogP contribution is 2.17. The quantitative estimate of drug-likeness (QED) is 0.687. The van der Waals surface area contributed by atoms with Gasteiger partial charge in [-0.3, -0.25) is 4.79 Å². The van der Waals surface area contributed by atoms with E-state index in [9.17, 15) is 4.79 Å². The Bertz CT molecular complexity index is 382. The van der Waals surface area contributed by atoms with Crippen molar-refractivity contribution >= 4 is 22.6 Å². The van der Waals surface area contributed by atoms with Gasteiger partial charge in [0.2, 0.25) is 5.12 Å². The molecule has 3 nitrogen and oxygen atoms in total. The van der Waals surface area contributed by atoms with Crippen LogP contribution in [-0.4, -0.2) is 11.4 Å². The molecule has 13 heavy (non-hydrogen) atoms. The maximum Gasteiger partial charge on any atom is 0.220 e. The van der Waals surface area contributed by atoms with E-state index in [2.05, 4.69) is 0 Å². The van der Waals surface area contributed by atoms with Crippen molar-refractivity contribution in [3.63, 3.8) is 0 Å². The molecule has 2 N–H and O–H groups in total. The highest BCUT2D eigenvalue weighted by molar-refractivity contribution is 8.13. The number of nitrogens with zero attached hydrogens (tertiary/aromatic N) is 1. The van der Waals surface area contributed by atoms with Crippen LogP contribution in [0.15, 0.2) is 18.2 Å². The van der Waals surface area contributed by atoms with Gasteiger partial charge in [0, 0.05) is 11.3 Å². The van der Waals surface area contributed by atoms with E-state index in [4.69, 9.17) is 11.0 Å². The largest absolute Gasteiger partial charge is 0.399 e. The van der Waals surface area contributed by atoms with Gasteiger partial charge in [0.15, 0.2) is 0 Å². The summed E-state index contributed by atoms with van der Waals surface area (Å²) in [6, 6.07) is 6.63. The molecule has 66 valence electrons. The third kappa shape index (κ3) is 2.01. The summed E-state index contributed by atoms with van der Waals surface area (Å²) in [6.45, 7) is 0. The van der Waals surface area contributed by atoms with Crippen LogP contribution >= 0.6 is 11.8 Å². The van der Waals surface area contributed by atoms with Crippen LogP contribution in [0.3, 0.4) is 0 Å². The first kappa shape index (κ1) is 9.62. The van der Waals surface area contributed by atoms with E-state index < -0.39 is 0 Å². The summed E-state index contributed by atoms with van der Waals surface area (Å²) < 4.78 is 0. The summed E-state index contributed by atoms with van der Waals surface area (Å²) in [5.74, 6) is 0. The number of carbonyl (C=O) groups excluding carboxylic acids is 1. The molecule has 0 fully saturated rings. The van der Waals surface area contributed by atoms with Crippen molar-refractivity contribution < 1.29 is 4.79 Å². The molecule has 0 atom stereocenters. The number of hydrogen-bond donors (Lipinski definition) is 1. The van der Waals surface area contributed by atoms with Crippen LogP contribution < -0.4 is 5.73 Å². The fourth-order valence-corrected chi connectivity index (χ4v) is 1.34. The lowest BCUT2D eigenvalue weighted by Gasteiger charge is -2.00. The van der Waals surface area contributed by atoms with Gasteiger partial charge < -0.3 is 5.73 Å². The molecule has 0 heterocycles. The Kier molecular flexibility index (Phi) is 2.93. The fraction of sp³-hybridized carbons (Fsp3) is 0.111. The zero-order chi connectivity index (χ0) is 9.84. The summed E-state index contributed by atoms with van der Waals surface area (Å²) in [5.41, 5.74) is 6.72. The Morgan fingerprint density at radius 1 is 1.62 bits per heavy atom. The third-order valence-electron chi connectivity index (χ3n) is 1.57. The summed E-state index contributed by atoms with van der Waals surface area (Å²) in [4.78, 5) is 11.3. The Morgan fingerprint density at radius 3 is 2.85 bits per heavy atom. The summed E-state index contributed by atoms with van der Waals surface area (Å²) in [6.07, 6.45) is 1.68. The number of hydrogen-bond acceptors (Lipinski definition) is 4. The van der Waals surface area contributed by atoms with Gasteiger partial charge in [-0.25, -0.2) is 0 Å². The van der Waals surface area contributed by atoms with E-state index in [-0.39, 0.29) is 5.12 Å². The minimum atomic E-state index is -0.114. The van der Waals surface area contributed by atoms with E-state index in [0.717, 1.165) is 11.8 Å². The summed E-state index contributed by atoms with van der Waals surface area (Å²) in [7, 11) is 0. The van der Waals surface area contributed by atoms with Crippen LogP contribution in [0, 0.1) is 11.3 Å². The van der Waals surface area contributed by atoms with E-state index >= 15 is 0 Å². The molecule has 1 aromatic rings. The number of rotatable bonds is 1. The van der Waals surface area contributed by atoms with Gasteiger partial charge >= 0.3 is 0 Å². The average Bonchev–Trinajstić information content (AvgIpc) is 2.16. The van der Waals surface area contributed by atoms with Crippen LogP contribution in [0.25, 0.3) is 0 Å². The van der Waals surface area contributed by atoms with E-state index in [0.29, 0.717) is 16.8 Å². The smallest absolute Gasteiger partial charge is 0.220 e.